The number of likely N-dealkylation sites (N-methyl/N-ethyl adjacent to an activating group) is 1. The summed E-state index contributed by atoms with van der Waals surface area (Å²) in [4.78, 5) is 0. The van der Waals surface area contributed by atoms with Crippen LogP contribution in [0.1, 0.15) is 23.6 Å². The highest BCUT2D eigenvalue weighted by Crippen LogP contribution is 2.22. The third-order valence-corrected chi connectivity index (χ3v) is 2.91. The van der Waals surface area contributed by atoms with E-state index in [-0.39, 0.29) is 0 Å². The van der Waals surface area contributed by atoms with Crippen LogP contribution in [0.25, 0.3) is 0 Å². The predicted octanol–water partition coefficient (Wildman–Crippen LogP) is 2.46. The largest absolute Gasteiger partial charge is 0.497 e. The van der Waals surface area contributed by atoms with Crippen molar-refractivity contribution in [2.45, 2.75) is 33.2 Å². The number of aryl methyl sites for hydroxylation is 2. The summed E-state index contributed by atoms with van der Waals surface area (Å²) in [7, 11) is 3.71. The Morgan fingerprint density at radius 2 is 1.80 bits per heavy atom. The lowest BCUT2D eigenvalue weighted by molar-refractivity contribution is 0.414. The van der Waals surface area contributed by atoms with Gasteiger partial charge < -0.3 is 10.1 Å². The molecule has 0 aliphatic heterocycles. The van der Waals surface area contributed by atoms with Gasteiger partial charge in [0.25, 0.3) is 0 Å². The molecule has 0 aliphatic rings. The highest BCUT2D eigenvalue weighted by Gasteiger charge is 2.08. The lowest BCUT2D eigenvalue weighted by atomic mass is 9.96. The molecule has 0 saturated carbocycles. The van der Waals surface area contributed by atoms with Gasteiger partial charge in [-0.15, -0.1) is 0 Å². The Morgan fingerprint density at radius 3 is 2.20 bits per heavy atom. The van der Waals surface area contributed by atoms with Crippen LogP contribution in [0.4, 0.5) is 0 Å². The van der Waals surface area contributed by atoms with Gasteiger partial charge in [0.2, 0.25) is 0 Å². The van der Waals surface area contributed by atoms with E-state index in [1.165, 1.54) is 16.7 Å². The number of nitrogens with one attached hydrogen (secondary N) is 1. The highest BCUT2D eigenvalue weighted by atomic mass is 16.5. The molecule has 0 radical (unpaired) electrons. The topological polar surface area (TPSA) is 21.3 Å². The minimum absolute atomic E-state index is 0.510. The van der Waals surface area contributed by atoms with Crippen LogP contribution >= 0.6 is 0 Å². The molecule has 1 rings (SSSR count). The molecule has 15 heavy (non-hydrogen) atoms. The average Bonchev–Trinajstić information content (AvgIpc) is 2.22. The first-order valence-corrected chi connectivity index (χ1v) is 5.39. The maximum atomic E-state index is 5.25. The van der Waals surface area contributed by atoms with Gasteiger partial charge in [-0.2, -0.15) is 0 Å². The van der Waals surface area contributed by atoms with Crippen molar-refractivity contribution >= 4 is 0 Å². The van der Waals surface area contributed by atoms with E-state index in [1.807, 2.05) is 7.05 Å². The Balaban J connectivity index is 2.98. The van der Waals surface area contributed by atoms with Crippen LogP contribution in [0, 0.1) is 13.8 Å². The molecule has 1 aromatic carbocycles. The number of methoxy groups -OCH3 is 1. The Bertz CT molecular complexity index is 310. The molecule has 2 nitrogen and oxygen atoms in total. The van der Waals surface area contributed by atoms with E-state index in [9.17, 15) is 0 Å². The Hall–Kier alpha value is -1.02. The molecule has 1 atom stereocenters. The zero-order valence-electron chi connectivity index (χ0n) is 10.3. The standard InChI is InChI=1S/C13H21NO/c1-9-6-12(15-5)7-10(2)13(9)8-11(3)14-4/h6-7,11,14H,8H2,1-5H3. The number of benzene rings is 1. The molecule has 2 heteroatoms. The number of hydrogen-bond acceptors (Lipinski definition) is 2. The molecule has 0 spiro atoms. The molecule has 0 aliphatic carbocycles. The van der Waals surface area contributed by atoms with Crippen LogP contribution in [-0.2, 0) is 6.42 Å². The Morgan fingerprint density at radius 1 is 1.27 bits per heavy atom. The van der Waals surface area contributed by atoms with Crippen LogP contribution in [0.5, 0.6) is 5.75 Å². The summed E-state index contributed by atoms with van der Waals surface area (Å²) < 4.78 is 5.25. The van der Waals surface area contributed by atoms with Crippen molar-refractivity contribution in [1.29, 1.82) is 0 Å². The fourth-order valence-corrected chi connectivity index (χ4v) is 1.80. The van der Waals surface area contributed by atoms with E-state index in [2.05, 4.69) is 38.2 Å². The molecule has 0 aromatic heterocycles. The van der Waals surface area contributed by atoms with Gasteiger partial charge in [0, 0.05) is 6.04 Å². The number of hydrogen-bond donors (Lipinski definition) is 1. The Kier molecular flexibility index (Phi) is 4.15. The van der Waals surface area contributed by atoms with Crippen molar-refractivity contribution in [3.05, 3.63) is 28.8 Å². The van der Waals surface area contributed by atoms with E-state index in [1.54, 1.807) is 7.11 Å². The quantitative estimate of drug-likeness (QED) is 0.819. The van der Waals surface area contributed by atoms with Crippen molar-refractivity contribution in [2.24, 2.45) is 0 Å². The van der Waals surface area contributed by atoms with Crippen LogP contribution in [0.15, 0.2) is 12.1 Å². The van der Waals surface area contributed by atoms with E-state index in [4.69, 9.17) is 4.74 Å². The molecule has 0 saturated heterocycles. The van der Waals surface area contributed by atoms with Gasteiger partial charge in [0.15, 0.2) is 0 Å². The van der Waals surface area contributed by atoms with E-state index >= 15 is 0 Å². The molecule has 1 aromatic rings. The predicted molar refractivity (Wildman–Crippen MR) is 64.7 cm³/mol. The summed E-state index contributed by atoms with van der Waals surface area (Å²) in [5.74, 6) is 0.950. The first kappa shape index (κ1) is 12.1. The van der Waals surface area contributed by atoms with Crippen molar-refractivity contribution in [3.63, 3.8) is 0 Å². The van der Waals surface area contributed by atoms with Gasteiger partial charge in [-0.1, -0.05) is 0 Å². The summed E-state index contributed by atoms with van der Waals surface area (Å²) in [5.41, 5.74) is 4.06. The normalized spacial score (nSPS) is 12.6. The van der Waals surface area contributed by atoms with Gasteiger partial charge in [-0.25, -0.2) is 0 Å². The summed E-state index contributed by atoms with van der Waals surface area (Å²) in [6.07, 6.45) is 1.07. The molecule has 0 fully saturated rings. The minimum Gasteiger partial charge on any atom is -0.497 e. The second kappa shape index (κ2) is 5.17. The summed E-state index contributed by atoms with van der Waals surface area (Å²) in [6.45, 7) is 6.49. The SMILES string of the molecule is CNC(C)Cc1c(C)cc(OC)cc1C. The van der Waals surface area contributed by atoms with Crippen molar-refractivity contribution < 1.29 is 4.74 Å². The molecule has 1 unspecified atom stereocenters. The third kappa shape index (κ3) is 2.96. The summed E-state index contributed by atoms with van der Waals surface area (Å²) in [6, 6.07) is 4.71. The fraction of sp³-hybridized carbons (Fsp3) is 0.538. The van der Waals surface area contributed by atoms with Crippen molar-refractivity contribution in [3.8, 4) is 5.75 Å². The van der Waals surface area contributed by atoms with Crippen LogP contribution in [-0.4, -0.2) is 20.2 Å². The maximum Gasteiger partial charge on any atom is 0.119 e. The average molecular weight is 207 g/mol. The van der Waals surface area contributed by atoms with Crippen LogP contribution in [0.3, 0.4) is 0 Å². The minimum atomic E-state index is 0.510. The smallest absolute Gasteiger partial charge is 0.119 e. The lowest BCUT2D eigenvalue weighted by Crippen LogP contribution is -2.24. The van der Waals surface area contributed by atoms with Gasteiger partial charge in [0.05, 0.1) is 7.11 Å². The first-order chi connectivity index (χ1) is 7.08. The van der Waals surface area contributed by atoms with Gasteiger partial charge in [0.1, 0.15) is 5.75 Å². The van der Waals surface area contributed by atoms with Crippen molar-refractivity contribution in [2.75, 3.05) is 14.2 Å². The number of ether oxygens (including phenoxy) is 1. The lowest BCUT2D eigenvalue weighted by Gasteiger charge is -2.16. The monoisotopic (exact) mass is 207 g/mol. The molecular weight excluding hydrogens is 186 g/mol. The van der Waals surface area contributed by atoms with E-state index in [0.717, 1.165) is 12.2 Å². The van der Waals surface area contributed by atoms with Crippen molar-refractivity contribution in [1.82, 2.24) is 5.32 Å². The van der Waals surface area contributed by atoms with Crippen LogP contribution in [0.2, 0.25) is 0 Å². The molecule has 1 N–H and O–H groups in total. The molecular formula is C13H21NO. The Labute approximate surface area is 92.6 Å². The van der Waals surface area contributed by atoms with Gasteiger partial charge in [-0.3, -0.25) is 0 Å². The van der Waals surface area contributed by atoms with E-state index in [0.29, 0.717) is 6.04 Å². The third-order valence-electron chi connectivity index (χ3n) is 2.91. The van der Waals surface area contributed by atoms with Gasteiger partial charge in [-0.05, 0) is 63.1 Å². The second-order valence-corrected chi connectivity index (χ2v) is 4.13. The maximum absolute atomic E-state index is 5.25. The zero-order valence-corrected chi connectivity index (χ0v) is 10.3. The van der Waals surface area contributed by atoms with Gasteiger partial charge >= 0.3 is 0 Å². The highest BCUT2D eigenvalue weighted by molar-refractivity contribution is 5.41. The fourth-order valence-electron chi connectivity index (χ4n) is 1.80. The van der Waals surface area contributed by atoms with E-state index < -0.39 is 0 Å². The first-order valence-electron chi connectivity index (χ1n) is 5.39. The molecule has 0 bridgehead atoms. The summed E-state index contributed by atoms with van der Waals surface area (Å²) >= 11 is 0. The molecule has 84 valence electrons. The summed E-state index contributed by atoms with van der Waals surface area (Å²) in [5, 5.41) is 3.27. The van der Waals surface area contributed by atoms with Crippen LogP contribution < -0.4 is 10.1 Å². The molecule has 0 heterocycles. The second-order valence-electron chi connectivity index (χ2n) is 4.13. The number of rotatable bonds is 4. The molecule has 0 amide bonds. The zero-order chi connectivity index (χ0) is 11.4.